The van der Waals surface area contributed by atoms with Crippen molar-refractivity contribution in [3.05, 3.63) is 34.5 Å². The quantitative estimate of drug-likeness (QED) is 0.495. The van der Waals surface area contributed by atoms with Gasteiger partial charge in [0, 0.05) is 0 Å². The highest BCUT2D eigenvalue weighted by atomic mass is 35.5. The van der Waals surface area contributed by atoms with Gasteiger partial charge in [0.05, 0.1) is 12.1 Å². The molecule has 1 heterocycles. The van der Waals surface area contributed by atoms with E-state index in [-0.39, 0.29) is 16.5 Å². The molecule has 21 heavy (non-hydrogen) atoms. The Hall–Kier alpha value is -2.54. The largest absolute Gasteiger partial charge is 0.506 e. The lowest BCUT2D eigenvalue weighted by Gasteiger charge is -2.09. The van der Waals surface area contributed by atoms with E-state index in [0.29, 0.717) is 5.56 Å². The minimum atomic E-state index is -0.707. The zero-order chi connectivity index (χ0) is 15.6. The highest BCUT2D eigenvalue weighted by Gasteiger charge is 2.35. The van der Waals surface area contributed by atoms with Gasteiger partial charge < -0.3 is 15.2 Å². The van der Waals surface area contributed by atoms with Crippen LogP contribution in [0.25, 0.3) is 6.08 Å². The number of carbonyl (C=O) groups excluding carboxylic acids is 3. The van der Waals surface area contributed by atoms with Gasteiger partial charge in [0.25, 0.3) is 5.91 Å². The number of methoxy groups -OCH3 is 1. The molecule has 1 aromatic carbocycles. The van der Waals surface area contributed by atoms with Gasteiger partial charge in [-0.15, -0.1) is 0 Å². The number of rotatable bonds is 3. The molecule has 1 aliphatic heterocycles. The number of nitrogens with zero attached hydrogens (tertiary/aromatic N) is 1. The first kappa shape index (κ1) is 14.9. The summed E-state index contributed by atoms with van der Waals surface area (Å²) < 4.78 is 4.41. The summed E-state index contributed by atoms with van der Waals surface area (Å²) >= 11 is 5.76. The number of hydrogen-bond acceptors (Lipinski definition) is 5. The van der Waals surface area contributed by atoms with Gasteiger partial charge in [-0.25, -0.2) is 9.69 Å². The van der Waals surface area contributed by atoms with E-state index in [1.807, 2.05) is 0 Å². The second-order valence-electron chi connectivity index (χ2n) is 4.17. The van der Waals surface area contributed by atoms with Crippen molar-refractivity contribution in [1.82, 2.24) is 10.2 Å². The molecule has 0 unspecified atom stereocenters. The van der Waals surface area contributed by atoms with Crippen molar-refractivity contribution in [2.45, 2.75) is 0 Å². The lowest BCUT2D eigenvalue weighted by atomic mass is 10.2. The van der Waals surface area contributed by atoms with E-state index in [4.69, 9.17) is 11.6 Å². The second-order valence-corrected chi connectivity index (χ2v) is 4.57. The summed E-state index contributed by atoms with van der Waals surface area (Å²) in [7, 11) is 1.16. The van der Waals surface area contributed by atoms with Crippen LogP contribution in [0, 0.1) is 0 Å². The fourth-order valence-electron chi connectivity index (χ4n) is 1.69. The number of nitrogens with one attached hydrogen (secondary N) is 1. The number of imide groups is 1. The zero-order valence-electron chi connectivity index (χ0n) is 10.9. The molecule has 1 aromatic rings. The van der Waals surface area contributed by atoms with Crippen LogP contribution >= 0.6 is 11.6 Å². The molecule has 1 fully saturated rings. The Morgan fingerprint density at radius 1 is 1.48 bits per heavy atom. The van der Waals surface area contributed by atoms with Crippen molar-refractivity contribution in [2.75, 3.05) is 13.7 Å². The van der Waals surface area contributed by atoms with E-state index >= 15 is 0 Å². The van der Waals surface area contributed by atoms with Crippen molar-refractivity contribution in [3.8, 4) is 5.75 Å². The summed E-state index contributed by atoms with van der Waals surface area (Å²) in [5.74, 6) is -1.44. The van der Waals surface area contributed by atoms with Gasteiger partial charge in [-0.3, -0.25) is 9.59 Å². The van der Waals surface area contributed by atoms with Crippen LogP contribution in [0.1, 0.15) is 5.56 Å². The Balaban J connectivity index is 2.23. The average Bonchev–Trinajstić information content (AvgIpc) is 2.70. The van der Waals surface area contributed by atoms with Crippen molar-refractivity contribution in [1.29, 1.82) is 0 Å². The first-order valence-corrected chi connectivity index (χ1v) is 6.20. The summed E-state index contributed by atoms with van der Waals surface area (Å²) in [4.78, 5) is 35.5. The second kappa shape index (κ2) is 5.84. The third kappa shape index (κ3) is 3.14. The Morgan fingerprint density at radius 2 is 2.19 bits per heavy atom. The lowest BCUT2D eigenvalue weighted by Crippen LogP contribution is -2.36. The normalized spacial score (nSPS) is 16.3. The van der Waals surface area contributed by atoms with E-state index < -0.39 is 24.5 Å². The van der Waals surface area contributed by atoms with E-state index in [1.165, 1.54) is 24.3 Å². The molecule has 0 spiro atoms. The number of aromatic hydroxyl groups is 1. The number of carbonyl (C=O) groups is 3. The molecule has 1 aliphatic rings. The summed E-state index contributed by atoms with van der Waals surface area (Å²) in [6.45, 7) is -0.463. The maximum atomic E-state index is 12.0. The molecule has 3 amide bonds. The third-order valence-electron chi connectivity index (χ3n) is 2.76. The number of amides is 3. The van der Waals surface area contributed by atoms with Crippen LogP contribution in [0.15, 0.2) is 23.9 Å². The lowest BCUT2D eigenvalue weighted by molar-refractivity contribution is -0.143. The molecular formula is C13H11ClN2O5. The molecule has 0 saturated carbocycles. The van der Waals surface area contributed by atoms with Crippen molar-refractivity contribution in [2.24, 2.45) is 0 Å². The van der Waals surface area contributed by atoms with Crippen molar-refractivity contribution >= 4 is 35.6 Å². The minimum absolute atomic E-state index is 0.00524. The third-order valence-corrected chi connectivity index (χ3v) is 3.06. The summed E-state index contributed by atoms with van der Waals surface area (Å²) in [6, 6.07) is 3.62. The molecule has 0 radical (unpaired) electrons. The van der Waals surface area contributed by atoms with E-state index in [1.54, 1.807) is 0 Å². The maximum absolute atomic E-state index is 12.0. The van der Waals surface area contributed by atoms with Gasteiger partial charge in [0.1, 0.15) is 18.0 Å². The molecule has 0 atom stereocenters. The number of phenolic OH excluding ortho intramolecular Hbond substituents is 1. The maximum Gasteiger partial charge on any atom is 0.329 e. The summed E-state index contributed by atoms with van der Waals surface area (Å²) in [5.41, 5.74) is 0.520. The summed E-state index contributed by atoms with van der Waals surface area (Å²) in [5, 5.41) is 11.8. The number of ether oxygens (including phenoxy) is 1. The van der Waals surface area contributed by atoms with Crippen molar-refractivity contribution in [3.63, 3.8) is 0 Å². The van der Waals surface area contributed by atoms with Crippen LogP contribution < -0.4 is 5.32 Å². The number of phenols is 1. The fourth-order valence-corrected chi connectivity index (χ4v) is 1.88. The number of halogens is 1. The Morgan fingerprint density at radius 3 is 2.81 bits per heavy atom. The van der Waals surface area contributed by atoms with Crippen LogP contribution in [0.4, 0.5) is 4.79 Å². The highest BCUT2D eigenvalue weighted by Crippen LogP contribution is 2.25. The topological polar surface area (TPSA) is 95.9 Å². The van der Waals surface area contributed by atoms with Crippen LogP contribution in [-0.4, -0.2) is 41.6 Å². The first-order valence-electron chi connectivity index (χ1n) is 5.82. The van der Waals surface area contributed by atoms with Gasteiger partial charge >= 0.3 is 12.0 Å². The van der Waals surface area contributed by atoms with Gasteiger partial charge in [-0.2, -0.15) is 0 Å². The highest BCUT2D eigenvalue weighted by molar-refractivity contribution is 6.32. The number of hydrogen-bond donors (Lipinski definition) is 2. The summed E-state index contributed by atoms with van der Waals surface area (Å²) in [6.07, 6.45) is 1.39. The fraction of sp³-hybridized carbons (Fsp3) is 0.154. The van der Waals surface area contributed by atoms with Crippen LogP contribution in [0.2, 0.25) is 5.02 Å². The predicted molar refractivity (Wildman–Crippen MR) is 73.4 cm³/mol. The van der Waals surface area contributed by atoms with Crippen molar-refractivity contribution < 1.29 is 24.2 Å². The van der Waals surface area contributed by atoms with Gasteiger partial charge in [0.2, 0.25) is 0 Å². The molecule has 1 saturated heterocycles. The molecule has 110 valence electrons. The van der Waals surface area contributed by atoms with Gasteiger partial charge in [-0.05, 0) is 23.8 Å². The molecular weight excluding hydrogens is 300 g/mol. The minimum Gasteiger partial charge on any atom is -0.506 e. The standard InChI is InChI=1S/C13H11ClN2O5/c1-21-11(18)6-16-12(19)9(15-13(16)20)5-7-2-3-10(17)8(14)4-7/h2-5,17H,6H2,1H3,(H,15,20)/b9-5+. The monoisotopic (exact) mass is 310 g/mol. The average molecular weight is 311 g/mol. The first-order chi connectivity index (χ1) is 9.92. The Labute approximate surface area is 124 Å². The molecule has 0 bridgehead atoms. The van der Waals surface area contributed by atoms with Crippen LogP contribution in [0.5, 0.6) is 5.75 Å². The predicted octanol–water partition coefficient (Wildman–Crippen LogP) is 1.11. The number of esters is 1. The van der Waals surface area contributed by atoms with E-state index in [2.05, 4.69) is 10.1 Å². The SMILES string of the molecule is COC(=O)CN1C(=O)N/C(=C/c2ccc(O)c(Cl)c2)C1=O. The number of urea groups is 1. The van der Waals surface area contributed by atoms with E-state index in [0.717, 1.165) is 12.0 Å². The Bertz CT molecular complexity index is 656. The van der Waals surface area contributed by atoms with Crippen LogP contribution in [0.3, 0.4) is 0 Å². The van der Waals surface area contributed by atoms with Crippen LogP contribution in [-0.2, 0) is 14.3 Å². The van der Waals surface area contributed by atoms with Gasteiger partial charge in [-0.1, -0.05) is 17.7 Å². The smallest absolute Gasteiger partial charge is 0.329 e. The molecule has 0 aromatic heterocycles. The number of benzene rings is 1. The Kier molecular flexibility index (Phi) is 4.13. The molecule has 2 N–H and O–H groups in total. The van der Waals surface area contributed by atoms with Gasteiger partial charge in [0.15, 0.2) is 0 Å². The molecule has 2 rings (SSSR count). The van der Waals surface area contributed by atoms with E-state index in [9.17, 15) is 19.5 Å². The molecule has 0 aliphatic carbocycles. The zero-order valence-corrected chi connectivity index (χ0v) is 11.7. The molecule has 8 heteroatoms. The molecule has 7 nitrogen and oxygen atoms in total.